The van der Waals surface area contributed by atoms with E-state index in [9.17, 15) is 19.2 Å². The Morgan fingerprint density at radius 2 is 1.21 bits per heavy atom. The first kappa shape index (κ1) is 40.3. The van der Waals surface area contributed by atoms with E-state index in [4.69, 9.17) is 14.2 Å². The van der Waals surface area contributed by atoms with Crippen molar-refractivity contribution >= 4 is 45.5 Å². The molecule has 10 nitrogen and oxygen atoms in total. The van der Waals surface area contributed by atoms with Crippen LogP contribution < -0.4 is 0 Å². The van der Waals surface area contributed by atoms with Crippen LogP contribution in [0, 0.1) is 10.8 Å². The lowest BCUT2D eigenvalue weighted by molar-refractivity contribution is -0.153. The average molecular weight is 636 g/mol. The quantitative estimate of drug-likeness (QED) is 0.106. The van der Waals surface area contributed by atoms with E-state index < -0.39 is 11.5 Å². The molecular formula is C30H57N3O7S2. The predicted molar refractivity (Wildman–Crippen MR) is 173 cm³/mol. The molecule has 0 saturated heterocycles. The van der Waals surface area contributed by atoms with Gasteiger partial charge in [-0.15, -0.1) is 0 Å². The summed E-state index contributed by atoms with van der Waals surface area (Å²) >= 11 is 0. The molecule has 0 unspecified atom stereocenters. The molecule has 12 heteroatoms. The number of carbonyl (C=O) groups excluding carboxylic acids is 4. The van der Waals surface area contributed by atoms with Crippen LogP contribution in [0.5, 0.6) is 0 Å². The molecule has 0 bridgehead atoms. The zero-order chi connectivity index (χ0) is 32.6. The van der Waals surface area contributed by atoms with E-state index in [0.29, 0.717) is 51.3 Å². The van der Waals surface area contributed by atoms with Gasteiger partial charge in [0.2, 0.25) is 11.8 Å². The number of carbonyl (C=O) groups is 4. The highest BCUT2D eigenvalue weighted by Gasteiger charge is 2.24. The second kappa shape index (κ2) is 19.6. The molecular weight excluding hydrogens is 578 g/mol. The van der Waals surface area contributed by atoms with Crippen LogP contribution in [0.25, 0.3) is 0 Å². The van der Waals surface area contributed by atoms with Gasteiger partial charge in [0.15, 0.2) is 0 Å². The summed E-state index contributed by atoms with van der Waals surface area (Å²) in [4.78, 5) is 53.7. The molecule has 0 spiro atoms. The van der Waals surface area contributed by atoms with Crippen molar-refractivity contribution in [1.82, 2.24) is 14.7 Å². The lowest BCUT2D eigenvalue weighted by Gasteiger charge is -2.26. The Morgan fingerprint density at radius 1 is 0.643 bits per heavy atom. The van der Waals surface area contributed by atoms with Gasteiger partial charge in [-0.2, -0.15) is 0 Å². The van der Waals surface area contributed by atoms with E-state index in [0.717, 1.165) is 6.42 Å². The van der Waals surface area contributed by atoms with Crippen LogP contribution >= 0.6 is 21.6 Å². The number of amides is 3. The number of nitrogens with zero attached hydrogens (tertiary/aromatic N) is 3. The third kappa shape index (κ3) is 20.3. The fourth-order valence-corrected chi connectivity index (χ4v) is 5.48. The van der Waals surface area contributed by atoms with E-state index in [2.05, 4.69) is 34.6 Å². The first-order valence-corrected chi connectivity index (χ1v) is 17.0. The number of hydrogen-bond acceptors (Lipinski definition) is 9. The Bertz CT molecular complexity index is 842. The highest BCUT2D eigenvalue weighted by atomic mass is 33.1. The highest BCUT2D eigenvalue weighted by molar-refractivity contribution is 8.77. The molecule has 0 radical (unpaired) electrons. The molecule has 0 aliphatic heterocycles. The van der Waals surface area contributed by atoms with Gasteiger partial charge in [0.25, 0.3) is 0 Å². The predicted octanol–water partition coefficient (Wildman–Crippen LogP) is 5.34. The van der Waals surface area contributed by atoms with Crippen LogP contribution in [0.3, 0.4) is 0 Å². The van der Waals surface area contributed by atoms with E-state index in [1.54, 1.807) is 73.3 Å². The van der Waals surface area contributed by atoms with Crippen molar-refractivity contribution in [1.29, 1.82) is 0 Å². The summed E-state index contributed by atoms with van der Waals surface area (Å²) in [6, 6.07) is 0. The molecule has 246 valence electrons. The molecule has 0 aromatic rings. The minimum atomic E-state index is -0.578. The minimum absolute atomic E-state index is 0.0140. The van der Waals surface area contributed by atoms with Gasteiger partial charge < -0.3 is 28.9 Å². The molecule has 0 rings (SSSR count). The summed E-state index contributed by atoms with van der Waals surface area (Å²) in [7, 11) is 8.39. The highest BCUT2D eigenvalue weighted by Crippen LogP contribution is 2.38. The molecule has 0 aliphatic carbocycles. The third-order valence-electron chi connectivity index (χ3n) is 6.28. The first-order valence-electron chi connectivity index (χ1n) is 14.7. The molecule has 0 saturated carbocycles. The van der Waals surface area contributed by atoms with Gasteiger partial charge in [-0.1, -0.05) is 42.4 Å². The average Bonchev–Trinajstić information content (AvgIpc) is 2.87. The maximum atomic E-state index is 12.7. The lowest BCUT2D eigenvalue weighted by atomic mass is 9.93. The summed E-state index contributed by atoms with van der Waals surface area (Å²) in [6.07, 6.45) is 1.94. The summed E-state index contributed by atoms with van der Waals surface area (Å²) in [5.74, 6) is 0.366. The molecule has 0 N–H and O–H groups in total. The Labute approximate surface area is 262 Å². The van der Waals surface area contributed by atoms with Crippen molar-refractivity contribution in [3.05, 3.63) is 0 Å². The van der Waals surface area contributed by atoms with E-state index in [1.165, 1.54) is 4.90 Å². The van der Waals surface area contributed by atoms with Crippen molar-refractivity contribution in [3.63, 3.8) is 0 Å². The van der Waals surface area contributed by atoms with E-state index in [1.807, 2.05) is 0 Å². The number of likely N-dealkylation sites (N-methyl/N-ethyl adjacent to an activating group) is 3. The summed E-state index contributed by atoms with van der Waals surface area (Å²) in [5.41, 5.74) is -0.363. The van der Waals surface area contributed by atoms with E-state index >= 15 is 0 Å². The van der Waals surface area contributed by atoms with Crippen LogP contribution in [-0.2, 0) is 28.6 Å². The van der Waals surface area contributed by atoms with Crippen molar-refractivity contribution in [2.75, 3.05) is 73.0 Å². The largest absolute Gasteiger partial charge is 0.463 e. The number of esters is 1. The molecule has 0 heterocycles. The SMILES string of the molecule is CN(CCN(C)C(=O)CCC(C)(C)SSCCOC(=O)N(C)CCOC(=O)C(C)(C)C)C(=O)CCOCCC(C)(C)C. The maximum Gasteiger partial charge on any atom is 0.409 e. The van der Waals surface area contributed by atoms with Crippen LogP contribution in [0.15, 0.2) is 0 Å². The molecule has 3 amide bonds. The standard InChI is InChI=1S/C30H57N3O7S2/c1-28(2,3)15-20-38-19-13-25(35)32(10)17-16-31(9)24(34)12-14-30(7,8)42-41-23-22-40-27(37)33(11)18-21-39-26(36)29(4,5)6/h12-23H2,1-11H3. The van der Waals surface area contributed by atoms with Crippen molar-refractivity contribution < 1.29 is 33.4 Å². The molecule has 0 fully saturated rings. The second-order valence-electron chi connectivity index (χ2n) is 13.4. The van der Waals surface area contributed by atoms with Crippen LogP contribution in [0.1, 0.15) is 81.1 Å². The van der Waals surface area contributed by atoms with Gasteiger partial charge in [0, 0.05) is 57.8 Å². The monoisotopic (exact) mass is 635 g/mol. The lowest BCUT2D eigenvalue weighted by Crippen LogP contribution is -2.38. The minimum Gasteiger partial charge on any atom is -0.463 e. The zero-order valence-electron chi connectivity index (χ0n) is 28.0. The first-order chi connectivity index (χ1) is 19.2. The van der Waals surface area contributed by atoms with Gasteiger partial charge in [-0.25, -0.2) is 4.79 Å². The molecule has 0 aliphatic rings. The smallest absolute Gasteiger partial charge is 0.409 e. The van der Waals surface area contributed by atoms with Crippen molar-refractivity contribution in [3.8, 4) is 0 Å². The Morgan fingerprint density at radius 3 is 1.76 bits per heavy atom. The van der Waals surface area contributed by atoms with Crippen molar-refractivity contribution in [2.45, 2.75) is 85.8 Å². The molecule has 42 heavy (non-hydrogen) atoms. The van der Waals surface area contributed by atoms with Crippen LogP contribution in [0.4, 0.5) is 4.79 Å². The van der Waals surface area contributed by atoms with Gasteiger partial charge >= 0.3 is 12.1 Å². The zero-order valence-corrected chi connectivity index (χ0v) is 29.6. The third-order valence-corrected chi connectivity index (χ3v) is 9.59. The van der Waals surface area contributed by atoms with Crippen LogP contribution in [0.2, 0.25) is 0 Å². The summed E-state index contributed by atoms with van der Waals surface area (Å²) in [6.45, 7) is 18.7. The van der Waals surface area contributed by atoms with Gasteiger partial charge in [-0.05, 0) is 52.9 Å². The van der Waals surface area contributed by atoms with Crippen LogP contribution in [-0.4, -0.2) is 116 Å². The summed E-state index contributed by atoms with van der Waals surface area (Å²) in [5, 5.41) is 0. The molecule has 0 aromatic heterocycles. The van der Waals surface area contributed by atoms with Gasteiger partial charge in [0.1, 0.15) is 13.2 Å². The van der Waals surface area contributed by atoms with Crippen molar-refractivity contribution in [2.24, 2.45) is 10.8 Å². The normalized spacial score (nSPS) is 12.1. The Kier molecular flexibility index (Phi) is 18.8. The number of hydrogen-bond donors (Lipinski definition) is 0. The second-order valence-corrected chi connectivity index (χ2v) is 16.5. The van der Waals surface area contributed by atoms with Gasteiger partial charge in [-0.3, -0.25) is 14.4 Å². The maximum absolute atomic E-state index is 12.7. The van der Waals surface area contributed by atoms with Gasteiger partial charge in [0.05, 0.1) is 25.0 Å². The topological polar surface area (TPSA) is 106 Å². The molecule has 0 atom stereocenters. The summed E-state index contributed by atoms with van der Waals surface area (Å²) < 4.78 is 15.9. The fraction of sp³-hybridized carbons (Fsp3) is 0.867. The van der Waals surface area contributed by atoms with E-state index in [-0.39, 0.29) is 47.7 Å². The fourth-order valence-electron chi connectivity index (χ4n) is 3.08. The molecule has 0 aromatic carbocycles. The Hall–Kier alpha value is -1.66. The Balaban J connectivity index is 4.12. The number of rotatable bonds is 19. The number of ether oxygens (including phenoxy) is 3.